The van der Waals surface area contributed by atoms with Crippen LogP contribution in [0.5, 0.6) is 0 Å². The average Bonchev–Trinajstić information content (AvgIpc) is 2.76. The monoisotopic (exact) mass is 466 g/mol. The van der Waals surface area contributed by atoms with E-state index in [1.807, 2.05) is 12.1 Å². The van der Waals surface area contributed by atoms with E-state index >= 15 is 0 Å². The summed E-state index contributed by atoms with van der Waals surface area (Å²) in [6, 6.07) is 8.19. The van der Waals surface area contributed by atoms with Gasteiger partial charge in [-0.1, -0.05) is 12.1 Å². The van der Waals surface area contributed by atoms with Crippen LogP contribution < -0.4 is 4.90 Å². The molecule has 10 heteroatoms. The molecule has 1 aliphatic rings. The highest BCUT2D eigenvalue weighted by Crippen LogP contribution is 2.24. The molecule has 0 saturated carbocycles. The van der Waals surface area contributed by atoms with Gasteiger partial charge in [-0.25, -0.2) is 0 Å². The summed E-state index contributed by atoms with van der Waals surface area (Å²) in [6.45, 7) is 1.41. The maximum atomic E-state index is 10.2. The molecule has 0 bridgehead atoms. The summed E-state index contributed by atoms with van der Waals surface area (Å²) in [7, 11) is 1.44. The smallest absolute Gasteiger partial charge is 0.162 e. The number of hydrogen-bond acceptors (Lipinski definition) is 8. The first-order valence-corrected chi connectivity index (χ1v) is 11.1. The van der Waals surface area contributed by atoms with Gasteiger partial charge in [0, 0.05) is 37.1 Å². The number of rotatable bonds is 12. The molecule has 172 valence electrons. The molecule has 1 aromatic carbocycles. The molecule has 0 aliphatic carbocycles. The van der Waals surface area contributed by atoms with Crippen LogP contribution in [0.2, 0.25) is 0 Å². The molecule has 1 heterocycles. The SMILES string of the molecule is CON(CCCc1ccc(N(CCCl)CCCl)cc1)C1O[C@H](CO)[C@@H](O)[C@H](O)[C@@H]1O. The maximum absolute atomic E-state index is 10.2. The van der Waals surface area contributed by atoms with Crippen molar-refractivity contribution in [2.45, 2.75) is 43.5 Å². The lowest BCUT2D eigenvalue weighted by Gasteiger charge is -2.43. The lowest BCUT2D eigenvalue weighted by atomic mass is 9.98. The number of alkyl halides is 2. The zero-order chi connectivity index (χ0) is 22.1. The molecule has 1 saturated heterocycles. The van der Waals surface area contributed by atoms with Gasteiger partial charge in [0.25, 0.3) is 0 Å². The maximum Gasteiger partial charge on any atom is 0.162 e. The Kier molecular flexibility index (Phi) is 11.1. The van der Waals surface area contributed by atoms with Gasteiger partial charge < -0.3 is 30.1 Å². The molecule has 8 nitrogen and oxygen atoms in total. The Morgan fingerprint density at radius 1 is 0.967 bits per heavy atom. The molecule has 30 heavy (non-hydrogen) atoms. The third-order valence-corrected chi connectivity index (χ3v) is 5.58. The van der Waals surface area contributed by atoms with Crippen LogP contribution in [0.3, 0.4) is 0 Å². The van der Waals surface area contributed by atoms with Gasteiger partial charge in [0.1, 0.15) is 24.4 Å². The molecule has 1 unspecified atom stereocenters. The van der Waals surface area contributed by atoms with E-state index in [0.29, 0.717) is 24.7 Å². The fraction of sp³-hybridized carbons (Fsp3) is 0.700. The van der Waals surface area contributed by atoms with Crippen LogP contribution in [0.25, 0.3) is 0 Å². The van der Waals surface area contributed by atoms with Crippen molar-refractivity contribution in [3.8, 4) is 0 Å². The number of aryl methyl sites for hydroxylation is 1. The molecule has 5 atom stereocenters. The van der Waals surface area contributed by atoms with Gasteiger partial charge in [0.05, 0.1) is 13.7 Å². The zero-order valence-corrected chi connectivity index (χ0v) is 18.6. The van der Waals surface area contributed by atoms with E-state index in [0.717, 1.165) is 30.8 Å². The van der Waals surface area contributed by atoms with Gasteiger partial charge in [0.15, 0.2) is 6.23 Å². The summed E-state index contributed by atoms with van der Waals surface area (Å²) in [6.07, 6.45) is -4.68. The van der Waals surface area contributed by atoms with Crippen molar-refractivity contribution in [3.05, 3.63) is 29.8 Å². The molecule has 1 aliphatic heterocycles. The Morgan fingerprint density at radius 2 is 1.60 bits per heavy atom. The van der Waals surface area contributed by atoms with E-state index in [4.69, 9.17) is 32.8 Å². The lowest BCUT2D eigenvalue weighted by molar-refractivity contribution is -0.327. The van der Waals surface area contributed by atoms with Crippen molar-refractivity contribution in [1.29, 1.82) is 0 Å². The molecule has 0 spiro atoms. The second-order valence-electron chi connectivity index (χ2n) is 7.18. The molecule has 0 aromatic heterocycles. The molecule has 1 aromatic rings. The number of aliphatic hydroxyl groups is 4. The van der Waals surface area contributed by atoms with Crippen molar-refractivity contribution in [2.24, 2.45) is 0 Å². The Balaban J connectivity index is 1.91. The van der Waals surface area contributed by atoms with E-state index in [2.05, 4.69) is 17.0 Å². The first kappa shape index (κ1) is 25.6. The van der Waals surface area contributed by atoms with Gasteiger partial charge in [-0.15, -0.1) is 23.2 Å². The summed E-state index contributed by atoms with van der Waals surface area (Å²) in [5.74, 6) is 1.06. The van der Waals surface area contributed by atoms with Crippen LogP contribution in [-0.4, -0.2) is 101 Å². The van der Waals surface area contributed by atoms with Crippen molar-refractivity contribution in [3.63, 3.8) is 0 Å². The standard InChI is InChI=1S/C20H32Cl2N2O6/c1-29-24(20-19(28)18(27)17(26)16(13-25)30-20)10-2-3-14-4-6-15(7-5-14)23(11-8-21)12-9-22/h4-7,16-20,25-28H,2-3,8-13H2,1H3/t16-,17-,18+,19+,20?/m1/s1. The van der Waals surface area contributed by atoms with Crippen LogP contribution in [-0.2, 0) is 16.0 Å². The summed E-state index contributed by atoms with van der Waals surface area (Å²) in [5, 5.41) is 40.9. The lowest BCUT2D eigenvalue weighted by Crippen LogP contribution is -2.63. The van der Waals surface area contributed by atoms with Gasteiger partial charge in [-0.3, -0.25) is 4.84 Å². The number of halogens is 2. The molecule has 1 fully saturated rings. The minimum Gasteiger partial charge on any atom is -0.394 e. The first-order chi connectivity index (χ1) is 14.5. The van der Waals surface area contributed by atoms with E-state index in [1.54, 1.807) is 0 Å². The minimum absolute atomic E-state index is 0.422. The summed E-state index contributed by atoms with van der Waals surface area (Å²) in [5.41, 5.74) is 2.21. The molecule has 2 rings (SSSR count). The molecule has 0 radical (unpaired) electrons. The topological polar surface area (TPSA) is 106 Å². The Bertz CT molecular complexity index is 603. The van der Waals surface area contributed by atoms with Crippen molar-refractivity contribution >= 4 is 28.9 Å². The van der Waals surface area contributed by atoms with Gasteiger partial charge in [-0.05, 0) is 30.5 Å². The number of anilines is 1. The number of hydrogen-bond donors (Lipinski definition) is 4. The van der Waals surface area contributed by atoms with Crippen LogP contribution in [0.15, 0.2) is 24.3 Å². The van der Waals surface area contributed by atoms with E-state index in [-0.39, 0.29) is 0 Å². The van der Waals surface area contributed by atoms with Crippen molar-refractivity contribution in [1.82, 2.24) is 5.06 Å². The van der Waals surface area contributed by atoms with Gasteiger partial charge in [0.2, 0.25) is 0 Å². The number of hydroxylamine groups is 2. The van der Waals surface area contributed by atoms with Gasteiger partial charge in [-0.2, -0.15) is 5.06 Å². The second-order valence-corrected chi connectivity index (χ2v) is 7.93. The summed E-state index contributed by atoms with van der Waals surface area (Å²) >= 11 is 11.7. The van der Waals surface area contributed by atoms with E-state index in [1.165, 1.54) is 12.2 Å². The zero-order valence-electron chi connectivity index (χ0n) is 17.1. The Labute approximate surface area is 187 Å². The Morgan fingerprint density at radius 3 is 2.13 bits per heavy atom. The largest absolute Gasteiger partial charge is 0.394 e. The molecular weight excluding hydrogens is 435 g/mol. The second kappa shape index (κ2) is 13.0. The summed E-state index contributed by atoms with van der Waals surface area (Å²) in [4.78, 5) is 7.46. The van der Waals surface area contributed by atoms with Crippen LogP contribution >= 0.6 is 23.2 Å². The number of aliphatic hydroxyl groups excluding tert-OH is 4. The number of nitrogens with zero attached hydrogens (tertiary/aromatic N) is 2. The highest BCUT2D eigenvalue weighted by Gasteiger charge is 2.45. The fourth-order valence-electron chi connectivity index (χ4n) is 3.53. The first-order valence-electron chi connectivity index (χ1n) is 10.0. The minimum atomic E-state index is -1.44. The van der Waals surface area contributed by atoms with Crippen LogP contribution in [0, 0.1) is 0 Å². The Hall–Kier alpha value is -0.680. The molecule has 4 N–H and O–H groups in total. The van der Waals surface area contributed by atoms with Crippen molar-refractivity contribution < 1.29 is 30.0 Å². The van der Waals surface area contributed by atoms with Crippen LogP contribution in [0.1, 0.15) is 12.0 Å². The van der Waals surface area contributed by atoms with E-state index < -0.39 is 37.3 Å². The highest BCUT2D eigenvalue weighted by atomic mass is 35.5. The van der Waals surface area contributed by atoms with Crippen molar-refractivity contribution in [2.75, 3.05) is 50.0 Å². The van der Waals surface area contributed by atoms with Crippen LogP contribution in [0.4, 0.5) is 5.69 Å². The van der Waals surface area contributed by atoms with E-state index in [9.17, 15) is 20.4 Å². The molecule has 0 amide bonds. The molecular formula is C20H32Cl2N2O6. The fourth-order valence-corrected chi connectivity index (χ4v) is 3.94. The number of ether oxygens (including phenoxy) is 1. The number of benzene rings is 1. The average molecular weight is 467 g/mol. The third kappa shape index (κ3) is 6.66. The summed E-state index contributed by atoms with van der Waals surface area (Å²) < 4.78 is 5.54. The highest BCUT2D eigenvalue weighted by molar-refractivity contribution is 6.18. The quantitative estimate of drug-likeness (QED) is 0.261. The van der Waals surface area contributed by atoms with Gasteiger partial charge >= 0.3 is 0 Å². The normalized spacial score (nSPS) is 26.9. The predicted octanol–water partition coefficient (Wildman–Crippen LogP) is 0.566. The third-order valence-electron chi connectivity index (χ3n) is 5.24. The predicted molar refractivity (Wildman–Crippen MR) is 116 cm³/mol.